The van der Waals surface area contributed by atoms with Crippen molar-refractivity contribution < 1.29 is 4.74 Å². The van der Waals surface area contributed by atoms with Crippen molar-refractivity contribution >= 4 is 0 Å². The van der Waals surface area contributed by atoms with Crippen molar-refractivity contribution in [3.05, 3.63) is 34.9 Å². The molecule has 1 aromatic rings. The Morgan fingerprint density at radius 3 is 2.62 bits per heavy atom. The van der Waals surface area contributed by atoms with Gasteiger partial charge < -0.3 is 4.74 Å². The molecule has 0 saturated heterocycles. The minimum atomic E-state index is 0.0570. The fourth-order valence-corrected chi connectivity index (χ4v) is 5.06. The summed E-state index contributed by atoms with van der Waals surface area (Å²) in [6.45, 7) is 9.40. The Morgan fingerprint density at radius 2 is 1.95 bits per heavy atom. The lowest BCUT2D eigenvalue weighted by molar-refractivity contribution is -0.103. The average molecular weight is 286 g/mol. The van der Waals surface area contributed by atoms with Crippen LogP contribution in [0, 0.1) is 5.92 Å². The van der Waals surface area contributed by atoms with Gasteiger partial charge in [0.15, 0.2) is 0 Å². The Bertz CT molecular complexity index is 533. The predicted molar refractivity (Wildman–Crippen MR) is 89.0 cm³/mol. The number of aryl methyl sites for hydroxylation is 1. The van der Waals surface area contributed by atoms with Crippen molar-refractivity contribution in [2.24, 2.45) is 5.92 Å². The minimum Gasteiger partial charge on any atom is -0.378 e. The number of rotatable bonds is 2. The summed E-state index contributed by atoms with van der Waals surface area (Å²) in [6.07, 6.45) is 6.29. The number of methoxy groups -OCH3 is 1. The van der Waals surface area contributed by atoms with Crippen molar-refractivity contribution in [2.45, 2.75) is 76.7 Å². The zero-order valence-corrected chi connectivity index (χ0v) is 14.3. The van der Waals surface area contributed by atoms with Gasteiger partial charge >= 0.3 is 0 Å². The van der Waals surface area contributed by atoms with E-state index in [4.69, 9.17) is 4.74 Å². The highest BCUT2D eigenvalue weighted by Crippen LogP contribution is 2.54. The van der Waals surface area contributed by atoms with E-state index in [-0.39, 0.29) is 5.60 Å². The smallest absolute Gasteiger partial charge is 0.0687 e. The number of hydrogen-bond donors (Lipinski definition) is 0. The van der Waals surface area contributed by atoms with Gasteiger partial charge in [-0.3, -0.25) is 0 Å². The van der Waals surface area contributed by atoms with Crippen molar-refractivity contribution in [1.29, 1.82) is 0 Å². The van der Waals surface area contributed by atoms with Crippen LogP contribution in [0.15, 0.2) is 18.2 Å². The van der Waals surface area contributed by atoms with Gasteiger partial charge in [0.25, 0.3) is 0 Å². The molecule has 21 heavy (non-hydrogen) atoms. The maximum atomic E-state index is 5.99. The normalized spacial score (nSPS) is 35.4. The second-order valence-corrected chi connectivity index (χ2v) is 7.95. The standard InChI is InChI=1S/C20H30O/c1-14(2)15-7-9-17-16(13-15)8-10-18-19(17,3)11-6-12-20(18,4)21-5/h7,9,13-14,18H,6,8,10-12H2,1-5H3. The molecule has 1 aromatic carbocycles. The first-order valence-electron chi connectivity index (χ1n) is 8.59. The van der Waals surface area contributed by atoms with E-state index in [1.54, 1.807) is 11.1 Å². The van der Waals surface area contributed by atoms with Crippen LogP contribution in [0.4, 0.5) is 0 Å². The first-order chi connectivity index (χ1) is 9.90. The molecule has 0 radical (unpaired) electrons. The zero-order valence-electron chi connectivity index (χ0n) is 14.3. The molecule has 2 aliphatic rings. The van der Waals surface area contributed by atoms with E-state index in [1.165, 1.54) is 37.7 Å². The molecule has 0 spiro atoms. The molecular formula is C20H30O. The third-order valence-electron chi connectivity index (χ3n) is 6.46. The van der Waals surface area contributed by atoms with Gasteiger partial charge in [0.05, 0.1) is 5.60 Å². The number of benzene rings is 1. The maximum Gasteiger partial charge on any atom is 0.0687 e. The third kappa shape index (κ3) is 2.25. The Hall–Kier alpha value is -0.820. The van der Waals surface area contributed by atoms with E-state index < -0.39 is 0 Å². The van der Waals surface area contributed by atoms with Gasteiger partial charge in [0.2, 0.25) is 0 Å². The van der Waals surface area contributed by atoms with Crippen LogP contribution in [-0.4, -0.2) is 12.7 Å². The molecule has 1 saturated carbocycles. The predicted octanol–water partition coefficient (Wildman–Crippen LogP) is 5.22. The minimum absolute atomic E-state index is 0.0570. The van der Waals surface area contributed by atoms with Crippen molar-refractivity contribution in [1.82, 2.24) is 0 Å². The summed E-state index contributed by atoms with van der Waals surface area (Å²) in [6, 6.07) is 7.26. The molecule has 0 amide bonds. The van der Waals surface area contributed by atoms with Crippen LogP contribution in [0.3, 0.4) is 0 Å². The van der Waals surface area contributed by atoms with E-state index in [0.717, 1.165) is 0 Å². The molecule has 0 bridgehead atoms. The molecule has 0 heterocycles. The van der Waals surface area contributed by atoms with Gasteiger partial charge in [-0.15, -0.1) is 0 Å². The molecule has 3 atom stereocenters. The summed E-state index contributed by atoms with van der Waals surface area (Å²) in [7, 11) is 1.91. The Morgan fingerprint density at radius 1 is 1.19 bits per heavy atom. The zero-order chi connectivity index (χ0) is 15.3. The largest absolute Gasteiger partial charge is 0.378 e. The first-order valence-corrected chi connectivity index (χ1v) is 8.59. The maximum absolute atomic E-state index is 5.99. The number of hydrogen-bond acceptors (Lipinski definition) is 1. The van der Waals surface area contributed by atoms with Gasteiger partial charge in [-0.1, -0.05) is 39.0 Å². The summed E-state index contributed by atoms with van der Waals surface area (Å²) < 4.78 is 5.99. The second kappa shape index (κ2) is 5.12. The van der Waals surface area contributed by atoms with Gasteiger partial charge in [0.1, 0.15) is 0 Å². The summed E-state index contributed by atoms with van der Waals surface area (Å²) >= 11 is 0. The van der Waals surface area contributed by atoms with Crippen LogP contribution in [0.1, 0.15) is 76.0 Å². The van der Waals surface area contributed by atoms with Gasteiger partial charge in [-0.2, -0.15) is 0 Å². The SMILES string of the molecule is COC1(C)CCCC2(C)c3ccc(C(C)C)cc3CCC12. The van der Waals surface area contributed by atoms with E-state index in [0.29, 0.717) is 17.3 Å². The summed E-state index contributed by atoms with van der Waals surface area (Å²) in [5, 5.41) is 0. The highest BCUT2D eigenvalue weighted by molar-refractivity contribution is 5.42. The molecule has 3 rings (SSSR count). The molecule has 1 nitrogen and oxygen atoms in total. The molecule has 0 aromatic heterocycles. The molecule has 3 unspecified atom stereocenters. The Labute approximate surface area is 130 Å². The van der Waals surface area contributed by atoms with Gasteiger partial charge in [0, 0.05) is 7.11 Å². The van der Waals surface area contributed by atoms with E-state index in [1.807, 2.05) is 7.11 Å². The van der Waals surface area contributed by atoms with Crippen molar-refractivity contribution in [3.8, 4) is 0 Å². The molecule has 2 aliphatic carbocycles. The second-order valence-electron chi connectivity index (χ2n) is 7.95. The first kappa shape index (κ1) is 15.1. The molecular weight excluding hydrogens is 256 g/mol. The third-order valence-corrected chi connectivity index (χ3v) is 6.46. The highest BCUT2D eigenvalue weighted by atomic mass is 16.5. The topological polar surface area (TPSA) is 9.23 Å². The monoisotopic (exact) mass is 286 g/mol. The number of ether oxygens (including phenoxy) is 1. The highest BCUT2D eigenvalue weighted by Gasteiger charge is 2.52. The molecule has 116 valence electrons. The molecule has 0 aliphatic heterocycles. The molecule has 0 N–H and O–H groups in total. The number of fused-ring (bicyclic) bond motifs is 3. The van der Waals surface area contributed by atoms with Crippen LogP contribution < -0.4 is 0 Å². The van der Waals surface area contributed by atoms with Gasteiger partial charge in [-0.25, -0.2) is 0 Å². The van der Waals surface area contributed by atoms with Crippen LogP contribution in [0.5, 0.6) is 0 Å². The fraction of sp³-hybridized carbons (Fsp3) is 0.700. The molecule has 1 fully saturated rings. The molecule has 1 heteroatoms. The van der Waals surface area contributed by atoms with Crippen LogP contribution in [0.2, 0.25) is 0 Å². The van der Waals surface area contributed by atoms with Crippen LogP contribution in [0.25, 0.3) is 0 Å². The average Bonchev–Trinajstić information content (AvgIpc) is 2.46. The fourth-order valence-electron chi connectivity index (χ4n) is 5.06. The van der Waals surface area contributed by atoms with Gasteiger partial charge in [-0.05, 0) is 73.0 Å². The Balaban J connectivity index is 2.05. The van der Waals surface area contributed by atoms with E-state index in [9.17, 15) is 0 Å². The summed E-state index contributed by atoms with van der Waals surface area (Å²) in [5.41, 5.74) is 5.04. The van der Waals surface area contributed by atoms with Crippen molar-refractivity contribution in [3.63, 3.8) is 0 Å². The summed E-state index contributed by atoms with van der Waals surface area (Å²) in [4.78, 5) is 0. The van der Waals surface area contributed by atoms with Crippen LogP contribution in [-0.2, 0) is 16.6 Å². The quantitative estimate of drug-likeness (QED) is 0.724. The lowest BCUT2D eigenvalue weighted by atomic mass is 9.53. The van der Waals surface area contributed by atoms with Crippen molar-refractivity contribution in [2.75, 3.05) is 7.11 Å². The lowest BCUT2D eigenvalue weighted by Crippen LogP contribution is -2.53. The summed E-state index contributed by atoms with van der Waals surface area (Å²) in [5.74, 6) is 1.28. The Kier molecular flexibility index (Phi) is 3.68. The van der Waals surface area contributed by atoms with E-state index in [2.05, 4.69) is 45.9 Å². The van der Waals surface area contributed by atoms with Crippen LogP contribution >= 0.6 is 0 Å². The lowest BCUT2D eigenvalue weighted by Gasteiger charge is -2.54. The van der Waals surface area contributed by atoms with E-state index >= 15 is 0 Å².